The van der Waals surface area contributed by atoms with Gasteiger partial charge in [0, 0.05) is 30.4 Å². The van der Waals surface area contributed by atoms with Gasteiger partial charge in [0.2, 0.25) is 5.91 Å². The quantitative estimate of drug-likeness (QED) is 0.598. The number of benzene rings is 1. The molecule has 1 aromatic carbocycles. The lowest BCUT2D eigenvalue weighted by molar-refractivity contribution is -0.137. The Morgan fingerprint density at radius 1 is 1.00 bits per heavy atom. The van der Waals surface area contributed by atoms with Gasteiger partial charge in [-0.1, -0.05) is 25.1 Å². The molecule has 6 aliphatic rings. The Morgan fingerprint density at radius 2 is 1.61 bits per heavy atom. The third-order valence-corrected chi connectivity index (χ3v) is 10.2. The van der Waals surface area contributed by atoms with Crippen molar-refractivity contribution in [3.63, 3.8) is 0 Å². The molecule has 0 radical (unpaired) electrons. The monoisotopic (exact) mass is 521 g/mol. The molecule has 2 N–H and O–H groups in total. The van der Waals surface area contributed by atoms with Crippen LogP contribution in [0.5, 0.6) is 0 Å². The molecule has 1 aromatic rings. The third kappa shape index (κ3) is 4.54. The molecule has 2 aliphatic heterocycles. The average Bonchev–Trinajstić information content (AvgIpc) is 3.14. The van der Waals surface area contributed by atoms with Crippen LogP contribution in [0.4, 0.5) is 10.5 Å². The van der Waals surface area contributed by atoms with Gasteiger partial charge in [-0.25, -0.2) is 4.79 Å². The van der Waals surface area contributed by atoms with E-state index in [0.717, 1.165) is 49.1 Å². The van der Waals surface area contributed by atoms with Crippen molar-refractivity contribution >= 4 is 23.5 Å². The Labute approximate surface area is 226 Å². The van der Waals surface area contributed by atoms with Crippen molar-refractivity contribution in [2.45, 2.75) is 88.8 Å². The summed E-state index contributed by atoms with van der Waals surface area (Å²) in [5.41, 5.74) is 0.243. The zero-order valence-electron chi connectivity index (χ0n) is 23.0. The van der Waals surface area contributed by atoms with E-state index in [-0.39, 0.29) is 36.0 Å². The summed E-state index contributed by atoms with van der Waals surface area (Å²) in [4.78, 5) is 45.9. The van der Waals surface area contributed by atoms with Gasteiger partial charge in [0.05, 0.1) is 6.67 Å². The van der Waals surface area contributed by atoms with Gasteiger partial charge in [-0.3, -0.25) is 9.59 Å². The first-order chi connectivity index (χ1) is 18.3. The van der Waals surface area contributed by atoms with Crippen molar-refractivity contribution in [1.29, 1.82) is 0 Å². The van der Waals surface area contributed by atoms with Crippen LogP contribution in [-0.2, 0) is 9.59 Å². The highest BCUT2D eigenvalue weighted by molar-refractivity contribution is 5.96. The molecule has 4 aliphatic carbocycles. The minimum atomic E-state index is -0.727. The molecule has 0 aromatic heterocycles. The second-order valence-corrected chi connectivity index (χ2v) is 12.9. The number of hydrogen-bond acceptors (Lipinski definition) is 4. The van der Waals surface area contributed by atoms with Crippen LogP contribution in [0.15, 0.2) is 30.3 Å². The summed E-state index contributed by atoms with van der Waals surface area (Å²) in [5, 5.41) is 6.51. The van der Waals surface area contributed by atoms with Crippen molar-refractivity contribution in [2.24, 2.45) is 17.8 Å². The second-order valence-electron chi connectivity index (χ2n) is 12.9. The Hall–Kier alpha value is -2.77. The Morgan fingerprint density at radius 3 is 2.18 bits per heavy atom. The summed E-state index contributed by atoms with van der Waals surface area (Å²) in [7, 11) is 0. The largest absolute Gasteiger partial charge is 0.352 e. The van der Waals surface area contributed by atoms with Crippen molar-refractivity contribution in [1.82, 2.24) is 20.4 Å². The summed E-state index contributed by atoms with van der Waals surface area (Å²) in [6.45, 7) is 5.54. The SMILES string of the molecule is CC[C@@H](C)NC(=O)CN1CN(c2ccccc2)C2(CCN(C(=O)NC34CC5CC(CC(C5)C3)C4)CC2)C1=O. The lowest BCUT2D eigenvalue weighted by Crippen LogP contribution is -2.64. The number of likely N-dealkylation sites (tertiary alicyclic amines) is 1. The maximum absolute atomic E-state index is 13.9. The molecule has 4 bridgehead atoms. The van der Waals surface area contributed by atoms with E-state index in [2.05, 4.69) is 15.5 Å². The van der Waals surface area contributed by atoms with Crippen LogP contribution in [0.25, 0.3) is 0 Å². The van der Waals surface area contributed by atoms with E-state index in [1.54, 1.807) is 4.90 Å². The molecule has 206 valence electrons. The number of carbonyl (C=O) groups is 3. The molecule has 38 heavy (non-hydrogen) atoms. The van der Waals surface area contributed by atoms with Gasteiger partial charge in [-0.05, 0) is 94.6 Å². The number of urea groups is 1. The molecule has 8 nitrogen and oxygen atoms in total. The molecule has 1 spiro atoms. The lowest BCUT2D eigenvalue weighted by atomic mass is 9.53. The number of anilines is 1. The topological polar surface area (TPSA) is 85.0 Å². The highest BCUT2D eigenvalue weighted by Gasteiger charge is 2.55. The summed E-state index contributed by atoms with van der Waals surface area (Å²) in [6, 6.07) is 10.1. The first-order valence-electron chi connectivity index (χ1n) is 14.8. The number of carbonyl (C=O) groups excluding carboxylic acids is 3. The van der Waals surface area contributed by atoms with Crippen LogP contribution in [0, 0.1) is 17.8 Å². The third-order valence-electron chi connectivity index (χ3n) is 10.2. The molecule has 4 saturated carbocycles. The van der Waals surface area contributed by atoms with E-state index in [1.165, 1.54) is 19.3 Å². The van der Waals surface area contributed by atoms with E-state index in [0.29, 0.717) is 32.6 Å². The first-order valence-corrected chi connectivity index (χ1v) is 14.8. The second kappa shape index (κ2) is 9.76. The molecule has 2 heterocycles. The maximum Gasteiger partial charge on any atom is 0.317 e. The molecule has 4 amide bonds. The molecule has 0 unspecified atom stereocenters. The lowest BCUT2D eigenvalue weighted by Gasteiger charge is -2.57. The average molecular weight is 522 g/mol. The van der Waals surface area contributed by atoms with Crippen LogP contribution in [-0.4, -0.2) is 71.1 Å². The Bertz CT molecular complexity index is 1030. The smallest absolute Gasteiger partial charge is 0.317 e. The fourth-order valence-corrected chi connectivity index (χ4v) is 8.57. The summed E-state index contributed by atoms with van der Waals surface area (Å²) in [6.07, 6.45) is 9.45. The summed E-state index contributed by atoms with van der Waals surface area (Å²) in [5.74, 6) is 2.23. The van der Waals surface area contributed by atoms with Gasteiger partial charge < -0.3 is 25.3 Å². The minimum Gasteiger partial charge on any atom is -0.352 e. The minimum absolute atomic E-state index is 0.00166. The van der Waals surface area contributed by atoms with Crippen molar-refractivity contribution in [3.8, 4) is 0 Å². The molecule has 6 fully saturated rings. The van der Waals surface area contributed by atoms with Crippen LogP contribution in [0.2, 0.25) is 0 Å². The number of nitrogens with one attached hydrogen (secondary N) is 2. The van der Waals surface area contributed by atoms with E-state index in [9.17, 15) is 14.4 Å². The summed E-state index contributed by atoms with van der Waals surface area (Å²) < 4.78 is 0. The van der Waals surface area contributed by atoms with Crippen LogP contribution in [0.1, 0.15) is 71.6 Å². The van der Waals surface area contributed by atoms with Crippen LogP contribution in [0.3, 0.4) is 0 Å². The number of amides is 4. The molecule has 2 saturated heterocycles. The van der Waals surface area contributed by atoms with Crippen molar-refractivity contribution in [2.75, 3.05) is 31.2 Å². The number of rotatable bonds is 6. The number of nitrogens with zero attached hydrogens (tertiary/aromatic N) is 3. The van der Waals surface area contributed by atoms with E-state index in [4.69, 9.17) is 0 Å². The number of piperidine rings is 1. The van der Waals surface area contributed by atoms with Crippen LogP contribution < -0.4 is 15.5 Å². The van der Waals surface area contributed by atoms with Gasteiger partial charge in [0.1, 0.15) is 12.1 Å². The van der Waals surface area contributed by atoms with Crippen molar-refractivity contribution in [3.05, 3.63) is 30.3 Å². The van der Waals surface area contributed by atoms with Gasteiger partial charge in [-0.15, -0.1) is 0 Å². The van der Waals surface area contributed by atoms with Gasteiger partial charge in [0.25, 0.3) is 5.91 Å². The van der Waals surface area contributed by atoms with E-state index < -0.39 is 5.54 Å². The molecule has 8 heteroatoms. The highest BCUT2D eigenvalue weighted by Crippen LogP contribution is 2.55. The number of hydrogen-bond donors (Lipinski definition) is 2. The molecule has 1 atom stereocenters. The van der Waals surface area contributed by atoms with E-state index in [1.807, 2.05) is 49.1 Å². The molecule has 7 rings (SSSR count). The van der Waals surface area contributed by atoms with Crippen molar-refractivity contribution < 1.29 is 14.4 Å². The van der Waals surface area contributed by atoms with E-state index >= 15 is 0 Å². The molecular weight excluding hydrogens is 478 g/mol. The fourth-order valence-electron chi connectivity index (χ4n) is 8.57. The van der Waals surface area contributed by atoms with Gasteiger partial charge in [-0.2, -0.15) is 0 Å². The zero-order valence-corrected chi connectivity index (χ0v) is 23.0. The van der Waals surface area contributed by atoms with Crippen LogP contribution >= 0.6 is 0 Å². The predicted molar refractivity (Wildman–Crippen MR) is 146 cm³/mol. The fraction of sp³-hybridized carbons (Fsp3) is 0.700. The highest BCUT2D eigenvalue weighted by atomic mass is 16.2. The Kier molecular flexibility index (Phi) is 6.55. The molecular formula is C30H43N5O3. The first kappa shape index (κ1) is 25.5. The summed E-state index contributed by atoms with van der Waals surface area (Å²) >= 11 is 0. The maximum atomic E-state index is 13.9. The number of para-hydroxylation sites is 1. The standard InChI is InChI=1S/C30H43N5O3/c1-3-21(2)31-26(36)19-34-20-35(25-7-5-4-6-8-25)30(27(34)37)9-11-33(12-10-30)28(38)32-29-16-22-13-23(17-29)15-24(14-22)18-29/h4-8,21-24H,3,9-20H2,1-2H3,(H,31,36)(H,32,38)/t21-,22?,23?,24?,29?/m1/s1. The van der Waals surface area contributed by atoms with Gasteiger partial charge >= 0.3 is 6.03 Å². The van der Waals surface area contributed by atoms with Gasteiger partial charge in [0.15, 0.2) is 0 Å². The predicted octanol–water partition coefficient (Wildman–Crippen LogP) is 3.72. The zero-order chi connectivity index (χ0) is 26.5. The Balaban J connectivity index is 1.15. The normalized spacial score (nSPS) is 32.1.